The van der Waals surface area contributed by atoms with Crippen LogP contribution in [0.25, 0.3) is 17.1 Å². The van der Waals surface area contributed by atoms with Gasteiger partial charge in [0.15, 0.2) is 0 Å². The van der Waals surface area contributed by atoms with Gasteiger partial charge in [0.05, 0.1) is 22.5 Å². The van der Waals surface area contributed by atoms with Crippen LogP contribution in [0.3, 0.4) is 0 Å². The molecule has 3 aliphatic rings. The maximum absolute atomic E-state index is 14.7. The highest BCUT2D eigenvalue weighted by Gasteiger charge is 2.38. The van der Waals surface area contributed by atoms with Crippen LogP contribution in [0.4, 0.5) is 10.2 Å². The van der Waals surface area contributed by atoms with Gasteiger partial charge in [-0.3, -0.25) is 9.36 Å². The maximum atomic E-state index is 14.7. The number of hydrogen-bond acceptors (Lipinski definition) is 7. The number of halogens is 1. The Morgan fingerprint density at radius 2 is 2.05 bits per heavy atom. The Morgan fingerprint density at radius 1 is 1.27 bits per heavy atom. The molecule has 1 aromatic heterocycles. The van der Waals surface area contributed by atoms with E-state index in [1.807, 2.05) is 6.07 Å². The number of rotatable bonds is 4. The summed E-state index contributed by atoms with van der Waals surface area (Å²) in [6.07, 6.45) is 9.97. The standard InChI is InChI=1S/C28H30FN7O/c1-18-25(35-11-8-28(9-12-35)7-10-33-17-28)34-26(19-3-4-20(15-30)23(29)14-19)36(27(18)37)22-5-6-24(31)21(13-22)16-32-2/h3-6,13-14,16,31-33H,7-12,17H2,1-2H3/b21-16-,31-24?. The van der Waals surface area contributed by atoms with Crippen LogP contribution in [-0.4, -0.2) is 48.5 Å². The Labute approximate surface area is 215 Å². The zero-order valence-electron chi connectivity index (χ0n) is 21.1. The van der Waals surface area contributed by atoms with Gasteiger partial charge in [0.25, 0.3) is 5.56 Å². The smallest absolute Gasteiger partial charge is 0.263 e. The van der Waals surface area contributed by atoms with Crippen molar-refractivity contribution in [3.05, 3.63) is 75.5 Å². The first-order valence-corrected chi connectivity index (χ1v) is 12.5. The first-order chi connectivity index (χ1) is 17.9. The van der Waals surface area contributed by atoms with E-state index in [9.17, 15) is 14.4 Å². The molecule has 0 atom stereocenters. The van der Waals surface area contributed by atoms with E-state index in [4.69, 9.17) is 10.4 Å². The predicted molar refractivity (Wildman–Crippen MR) is 143 cm³/mol. The molecule has 1 aromatic carbocycles. The molecule has 3 N–H and O–H groups in total. The molecule has 1 spiro atoms. The summed E-state index contributed by atoms with van der Waals surface area (Å²) in [6, 6.07) is 6.13. The van der Waals surface area contributed by atoms with Crippen molar-refractivity contribution in [2.24, 2.45) is 5.41 Å². The lowest BCUT2D eigenvalue weighted by molar-refractivity contribution is 0.247. The van der Waals surface area contributed by atoms with E-state index in [1.165, 1.54) is 23.1 Å². The summed E-state index contributed by atoms with van der Waals surface area (Å²) in [4.78, 5) is 21.0. The van der Waals surface area contributed by atoms with E-state index >= 15 is 0 Å². The third kappa shape index (κ3) is 4.49. The highest BCUT2D eigenvalue weighted by Crippen LogP contribution is 2.38. The first-order valence-electron chi connectivity index (χ1n) is 12.5. The molecule has 1 aliphatic carbocycles. The van der Waals surface area contributed by atoms with Gasteiger partial charge in [0.2, 0.25) is 0 Å². The summed E-state index contributed by atoms with van der Waals surface area (Å²) in [5, 5.41) is 23.8. The lowest BCUT2D eigenvalue weighted by Crippen LogP contribution is -2.43. The monoisotopic (exact) mass is 499 g/mol. The average molecular weight is 500 g/mol. The predicted octanol–water partition coefficient (Wildman–Crippen LogP) is 3.34. The fraction of sp³-hybridized carbons (Fsp3) is 0.357. The molecule has 3 heterocycles. The van der Waals surface area contributed by atoms with Crippen molar-refractivity contribution in [2.75, 3.05) is 38.1 Å². The second kappa shape index (κ2) is 9.79. The van der Waals surface area contributed by atoms with Gasteiger partial charge in [0.1, 0.15) is 23.5 Å². The van der Waals surface area contributed by atoms with E-state index in [0.717, 1.165) is 39.0 Å². The third-order valence-electron chi connectivity index (χ3n) is 7.68. The zero-order valence-corrected chi connectivity index (χ0v) is 21.1. The van der Waals surface area contributed by atoms with Gasteiger partial charge in [-0.15, -0.1) is 0 Å². The van der Waals surface area contributed by atoms with E-state index in [-0.39, 0.29) is 11.1 Å². The van der Waals surface area contributed by atoms with Gasteiger partial charge in [-0.25, -0.2) is 9.37 Å². The van der Waals surface area contributed by atoms with Crippen molar-refractivity contribution in [3.8, 4) is 17.5 Å². The molecular formula is C28H30FN7O. The van der Waals surface area contributed by atoms with E-state index in [1.54, 1.807) is 44.5 Å². The van der Waals surface area contributed by atoms with Crippen LogP contribution in [0.15, 0.2) is 53.0 Å². The van der Waals surface area contributed by atoms with Crippen LogP contribution in [0.2, 0.25) is 0 Å². The van der Waals surface area contributed by atoms with Gasteiger partial charge in [-0.05, 0) is 74.6 Å². The number of aromatic nitrogens is 2. The number of piperidine rings is 1. The molecule has 0 radical (unpaired) electrons. The second-order valence-electron chi connectivity index (χ2n) is 9.95. The van der Waals surface area contributed by atoms with E-state index in [2.05, 4.69) is 15.5 Å². The SMILES string of the molecule is CN/C=C1/C=C(n2c(-c3ccc(C#N)c(F)c3)nc(N3CCC4(CCNC4)CC3)c(C)c2=O)C=CC1=N. The van der Waals surface area contributed by atoms with Crippen molar-refractivity contribution < 1.29 is 4.39 Å². The van der Waals surface area contributed by atoms with Crippen LogP contribution in [0.1, 0.15) is 30.4 Å². The molecule has 2 aromatic rings. The molecule has 2 aliphatic heterocycles. The molecular weight excluding hydrogens is 469 g/mol. The lowest BCUT2D eigenvalue weighted by Gasteiger charge is -2.40. The Balaban J connectivity index is 1.65. The largest absolute Gasteiger partial charge is 0.393 e. The molecule has 190 valence electrons. The number of anilines is 1. The number of allylic oxidation sites excluding steroid dienone is 5. The molecule has 0 amide bonds. The van der Waals surface area contributed by atoms with Crippen molar-refractivity contribution in [3.63, 3.8) is 0 Å². The molecule has 0 saturated carbocycles. The van der Waals surface area contributed by atoms with Crippen molar-refractivity contribution >= 4 is 17.2 Å². The highest BCUT2D eigenvalue weighted by molar-refractivity contribution is 6.12. The van der Waals surface area contributed by atoms with Crippen LogP contribution in [0.5, 0.6) is 0 Å². The Hall–Kier alpha value is -4.03. The number of nitriles is 1. The van der Waals surface area contributed by atoms with Gasteiger partial charge in [0, 0.05) is 44.0 Å². The summed E-state index contributed by atoms with van der Waals surface area (Å²) >= 11 is 0. The third-order valence-corrected chi connectivity index (χ3v) is 7.68. The van der Waals surface area contributed by atoms with Crippen LogP contribution >= 0.6 is 0 Å². The van der Waals surface area contributed by atoms with E-state index < -0.39 is 5.82 Å². The van der Waals surface area contributed by atoms with Crippen LogP contribution in [0, 0.1) is 34.9 Å². The van der Waals surface area contributed by atoms with Crippen molar-refractivity contribution in [1.29, 1.82) is 10.7 Å². The number of benzene rings is 1. The normalized spacial score (nSPS) is 19.8. The number of nitrogens with one attached hydrogen (secondary N) is 3. The first kappa shape index (κ1) is 24.7. The minimum absolute atomic E-state index is 0.0686. The Kier molecular flexibility index (Phi) is 6.52. The second-order valence-corrected chi connectivity index (χ2v) is 9.95. The van der Waals surface area contributed by atoms with Gasteiger partial charge < -0.3 is 20.9 Å². The molecule has 2 fully saturated rings. The van der Waals surface area contributed by atoms with Crippen LogP contribution in [-0.2, 0) is 0 Å². The van der Waals surface area contributed by atoms with Crippen molar-refractivity contribution in [1.82, 2.24) is 20.2 Å². The molecule has 0 bridgehead atoms. The molecule has 9 heteroatoms. The average Bonchev–Trinajstić information content (AvgIpc) is 3.35. The fourth-order valence-corrected chi connectivity index (χ4v) is 5.46. The summed E-state index contributed by atoms with van der Waals surface area (Å²) in [5.74, 6) is 0.244. The molecule has 8 nitrogen and oxygen atoms in total. The summed E-state index contributed by atoms with van der Waals surface area (Å²) in [5.41, 5.74) is 2.36. The van der Waals surface area contributed by atoms with Gasteiger partial charge in [-0.1, -0.05) is 0 Å². The Bertz CT molecular complexity index is 1440. The van der Waals surface area contributed by atoms with Crippen molar-refractivity contribution in [2.45, 2.75) is 26.2 Å². The minimum atomic E-state index is -0.665. The molecule has 5 rings (SSSR count). The van der Waals surface area contributed by atoms with Gasteiger partial charge >= 0.3 is 0 Å². The van der Waals surface area contributed by atoms with Crippen LogP contribution < -0.4 is 21.1 Å². The molecule has 0 unspecified atom stereocenters. The number of hydrogen-bond donors (Lipinski definition) is 3. The summed E-state index contributed by atoms with van der Waals surface area (Å²) in [7, 11) is 1.74. The lowest BCUT2D eigenvalue weighted by atomic mass is 9.78. The van der Waals surface area contributed by atoms with Gasteiger partial charge in [-0.2, -0.15) is 5.26 Å². The summed E-state index contributed by atoms with van der Waals surface area (Å²) in [6.45, 7) is 5.46. The highest BCUT2D eigenvalue weighted by atomic mass is 19.1. The minimum Gasteiger partial charge on any atom is -0.393 e. The summed E-state index contributed by atoms with van der Waals surface area (Å²) < 4.78 is 16.2. The zero-order chi connectivity index (χ0) is 26.2. The Morgan fingerprint density at radius 3 is 2.70 bits per heavy atom. The van der Waals surface area contributed by atoms with E-state index in [0.29, 0.717) is 45.2 Å². The topological polar surface area (TPSA) is 110 Å². The fourth-order valence-electron chi connectivity index (χ4n) is 5.46. The molecule has 2 saturated heterocycles. The maximum Gasteiger partial charge on any atom is 0.263 e. The molecule has 37 heavy (non-hydrogen) atoms. The quantitative estimate of drug-likeness (QED) is 0.595. The number of nitrogens with zero attached hydrogens (tertiary/aromatic N) is 4.